The number of aromatic nitrogens is 3. The van der Waals surface area contributed by atoms with Crippen LogP contribution in [0.2, 0.25) is 5.02 Å². The molecule has 2 aromatic rings. The molecule has 5 nitrogen and oxygen atoms in total. The second-order valence-electron chi connectivity index (χ2n) is 7.47. The van der Waals surface area contributed by atoms with Gasteiger partial charge in [0.25, 0.3) is 5.91 Å². The number of amides is 1. The zero-order valence-corrected chi connectivity index (χ0v) is 14.2. The number of nitrogens with one attached hydrogen (secondary N) is 1. The van der Waals surface area contributed by atoms with Crippen LogP contribution < -0.4 is 5.32 Å². The van der Waals surface area contributed by atoms with Crippen molar-refractivity contribution in [2.24, 2.45) is 5.92 Å². The zero-order chi connectivity index (χ0) is 16.4. The number of rotatable bonds is 2. The first-order chi connectivity index (χ1) is 10.8. The van der Waals surface area contributed by atoms with Crippen LogP contribution in [-0.2, 0) is 6.42 Å². The van der Waals surface area contributed by atoms with Crippen LogP contribution in [0.3, 0.4) is 0 Å². The number of fused-ring (bicyclic) bond motifs is 3. The van der Waals surface area contributed by atoms with Crippen molar-refractivity contribution in [3.63, 3.8) is 0 Å². The van der Waals surface area contributed by atoms with Crippen molar-refractivity contribution in [1.82, 2.24) is 20.1 Å². The molecule has 0 spiro atoms. The van der Waals surface area contributed by atoms with E-state index in [4.69, 9.17) is 11.6 Å². The fourth-order valence-electron chi connectivity index (χ4n) is 3.38. The summed E-state index contributed by atoms with van der Waals surface area (Å²) in [5.74, 6) is 1.73. The summed E-state index contributed by atoms with van der Waals surface area (Å²) in [5.41, 5.74) is 2.46. The summed E-state index contributed by atoms with van der Waals surface area (Å²) >= 11 is 6.09. The number of nitrogens with zero attached hydrogens (tertiary/aromatic N) is 3. The molecule has 0 radical (unpaired) electrons. The van der Waals surface area contributed by atoms with Crippen LogP contribution in [0.4, 0.5) is 0 Å². The Hall–Kier alpha value is -1.88. The lowest BCUT2D eigenvalue weighted by molar-refractivity contribution is 0.0913. The maximum Gasteiger partial charge on any atom is 0.272 e. The molecule has 1 saturated carbocycles. The van der Waals surface area contributed by atoms with E-state index in [0.29, 0.717) is 28.4 Å². The summed E-state index contributed by atoms with van der Waals surface area (Å²) in [6.45, 7) is 5.91. The van der Waals surface area contributed by atoms with Gasteiger partial charge in [0.05, 0.1) is 5.69 Å². The van der Waals surface area contributed by atoms with Crippen molar-refractivity contribution in [2.75, 3.05) is 0 Å². The highest BCUT2D eigenvalue weighted by atomic mass is 35.5. The number of hydrogen-bond acceptors (Lipinski definition) is 3. The molecule has 0 aliphatic heterocycles. The first-order valence-corrected chi connectivity index (χ1v) is 8.27. The predicted octanol–water partition coefficient (Wildman–Crippen LogP) is 3.11. The molecule has 0 bridgehead atoms. The molecular formula is C17H19ClN4O. The molecule has 1 fully saturated rings. The fourth-order valence-corrected chi connectivity index (χ4v) is 3.54. The van der Waals surface area contributed by atoms with Gasteiger partial charge in [0.15, 0.2) is 11.5 Å². The summed E-state index contributed by atoms with van der Waals surface area (Å²) < 4.78 is 1.82. The average Bonchev–Trinajstić information content (AvgIpc) is 2.94. The van der Waals surface area contributed by atoms with E-state index in [9.17, 15) is 4.79 Å². The van der Waals surface area contributed by atoms with Gasteiger partial charge in [-0.2, -0.15) is 5.10 Å². The normalized spacial score (nSPS) is 21.7. The van der Waals surface area contributed by atoms with Crippen LogP contribution >= 0.6 is 11.6 Å². The van der Waals surface area contributed by atoms with Crippen molar-refractivity contribution in [1.29, 1.82) is 0 Å². The van der Waals surface area contributed by atoms with E-state index in [0.717, 1.165) is 17.7 Å². The molecule has 120 valence electrons. The van der Waals surface area contributed by atoms with Gasteiger partial charge in [0.1, 0.15) is 0 Å². The molecule has 2 atom stereocenters. The van der Waals surface area contributed by atoms with E-state index >= 15 is 0 Å². The highest BCUT2D eigenvalue weighted by molar-refractivity contribution is 6.30. The summed E-state index contributed by atoms with van der Waals surface area (Å²) in [7, 11) is 0. The van der Waals surface area contributed by atoms with Crippen LogP contribution in [0.1, 0.15) is 54.9 Å². The maximum atomic E-state index is 12.6. The fraction of sp³-hybridized carbons (Fsp3) is 0.471. The Balaban J connectivity index is 1.80. The molecule has 4 rings (SSSR count). The minimum atomic E-state index is -0.288. The van der Waals surface area contributed by atoms with E-state index in [2.05, 4.69) is 15.4 Å². The Morgan fingerprint density at radius 2 is 2.22 bits per heavy atom. The Morgan fingerprint density at radius 3 is 2.91 bits per heavy atom. The van der Waals surface area contributed by atoms with E-state index in [1.165, 1.54) is 6.42 Å². The number of carbonyl (C=O) groups excluding carboxylic acids is 1. The summed E-state index contributed by atoms with van der Waals surface area (Å²) in [5, 5.41) is 8.21. The van der Waals surface area contributed by atoms with Crippen molar-refractivity contribution in [3.8, 4) is 5.82 Å². The topological polar surface area (TPSA) is 59.8 Å². The smallest absolute Gasteiger partial charge is 0.272 e. The lowest BCUT2D eigenvalue weighted by Gasteiger charge is -2.19. The summed E-state index contributed by atoms with van der Waals surface area (Å²) in [4.78, 5) is 17.0. The predicted molar refractivity (Wildman–Crippen MR) is 88.1 cm³/mol. The molecule has 6 heteroatoms. The van der Waals surface area contributed by atoms with Crippen molar-refractivity contribution < 1.29 is 4.79 Å². The highest BCUT2D eigenvalue weighted by Gasteiger charge is 2.50. The summed E-state index contributed by atoms with van der Waals surface area (Å²) in [6.07, 6.45) is 3.78. The largest absolute Gasteiger partial charge is 0.346 e. The Kier molecular flexibility index (Phi) is 3.07. The second kappa shape index (κ2) is 4.81. The average molecular weight is 331 g/mol. The van der Waals surface area contributed by atoms with E-state index in [1.54, 1.807) is 18.3 Å². The molecule has 1 amide bonds. The lowest BCUT2D eigenvalue weighted by Crippen LogP contribution is -2.41. The third-order valence-corrected chi connectivity index (χ3v) is 4.63. The molecule has 0 saturated heterocycles. The SMILES string of the molecule is CC(C)(C)NC(=O)c1nn(-c2cc(Cl)ccn2)c2c1C[C@H]1C[C@@H]21. The first kappa shape index (κ1) is 14.7. The second-order valence-corrected chi connectivity index (χ2v) is 7.90. The van der Waals surface area contributed by atoms with Gasteiger partial charge in [-0.05, 0) is 45.6 Å². The standard InChI is InChI=1S/C17H19ClN4O/c1-17(2,3)20-16(23)14-12-7-9-6-11(9)15(12)22(21-14)13-8-10(18)4-5-19-13/h4-5,8-9,11H,6-7H2,1-3H3,(H,20,23)/t9-,11-/m1/s1. The molecule has 2 aromatic heterocycles. The molecule has 2 aliphatic rings. The molecule has 23 heavy (non-hydrogen) atoms. The van der Waals surface area contributed by atoms with Crippen LogP contribution in [0.15, 0.2) is 18.3 Å². The van der Waals surface area contributed by atoms with Gasteiger partial charge in [0.2, 0.25) is 0 Å². The number of hydrogen-bond donors (Lipinski definition) is 1. The van der Waals surface area contributed by atoms with Crippen molar-refractivity contribution in [3.05, 3.63) is 40.3 Å². The molecular weight excluding hydrogens is 312 g/mol. The minimum absolute atomic E-state index is 0.115. The molecule has 2 heterocycles. The van der Waals surface area contributed by atoms with Gasteiger partial charge >= 0.3 is 0 Å². The van der Waals surface area contributed by atoms with Crippen molar-refractivity contribution >= 4 is 17.5 Å². The molecule has 1 N–H and O–H groups in total. The highest BCUT2D eigenvalue weighted by Crippen LogP contribution is 2.57. The third kappa shape index (κ3) is 2.53. The molecule has 0 aromatic carbocycles. The van der Waals surface area contributed by atoms with Gasteiger partial charge in [-0.1, -0.05) is 11.6 Å². The Morgan fingerprint density at radius 1 is 1.43 bits per heavy atom. The monoisotopic (exact) mass is 330 g/mol. The van der Waals surface area contributed by atoms with E-state index < -0.39 is 0 Å². The minimum Gasteiger partial charge on any atom is -0.346 e. The van der Waals surface area contributed by atoms with E-state index in [-0.39, 0.29) is 11.4 Å². The Labute approximate surface area is 140 Å². The van der Waals surface area contributed by atoms with Crippen LogP contribution in [-0.4, -0.2) is 26.2 Å². The van der Waals surface area contributed by atoms with Crippen LogP contribution in [0.5, 0.6) is 0 Å². The van der Waals surface area contributed by atoms with Gasteiger partial charge in [-0.15, -0.1) is 0 Å². The van der Waals surface area contributed by atoms with Crippen LogP contribution in [0, 0.1) is 5.92 Å². The maximum absolute atomic E-state index is 12.6. The third-order valence-electron chi connectivity index (χ3n) is 4.39. The number of carbonyl (C=O) groups is 1. The Bertz CT molecular complexity index is 805. The lowest BCUT2D eigenvalue weighted by atomic mass is 10.1. The number of pyridine rings is 1. The van der Waals surface area contributed by atoms with Gasteiger partial charge < -0.3 is 5.32 Å². The zero-order valence-electron chi connectivity index (χ0n) is 13.4. The van der Waals surface area contributed by atoms with Gasteiger partial charge in [0, 0.05) is 34.3 Å². The first-order valence-electron chi connectivity index (χ1n) is 7.90. The van der Waals surface area contributed by atoms with Crippen molar-refractivity contribution in [2.45, 2.75) is 45.1 Å². The molecule has 0 unspecified atom stereocenters. The van der Waals surface area contributed by atoms with E-state index in [1.807, 2.05) is 25.5 Å². The number of halogens is 1. The van der Waals surface area contributed by atoms with Gasteiger partial charge in [-0.25, -0.2) is 9.67 Å². The molecule has 2 aliphatic carbocycles. The quantitative estimate of drug-likeness (QED) is 0.920. The van der Waals surface area contributed by atoms with Crippen LogP contribution in [0.25, 0.3) is 5.82 Å². The van der Waals surface area contributed by atoms with Gasteiger partial charge in [-0.3, -0.25) is 4.79 Å². The summed E-state index contributed by atoms with van der Waals surface area (Å²) in [6, 6.07) is 3.53.